The van der Waals surface area contributed by atoms with E-state index in [1.807, 2.05) is 0 Å². The van der Waals surface area contributed by atoms with Crippen molar-refractivity contribution >= 4 is 11.6 Å². The lowest BCUT2D eigenvalue weighted by Gasteiger charge is -2.17. The summed E-state index contributed by atoms with van der Waals surface area (Å²) in [7, 11) is 0. The molecule has 0 saturated heterocycles. The van der Waals surface area contributed by atoms with E-state index in [0.717, 1.165) is 19.3 Å². The minimum atomic E-state index is 0.0962. The van der Waals surface area contributed by atoms with Crippen molar-refractivity contribution in [1.82, 2.24) is 0 Å². The van der Waals surface area contributed by atoms with Crippen LogP contribution in [-0.2, 0) is 14.3 Å². The smallest absolute Gasteiger partial charge is 0.155 e. The fraction of sp³-hybridized carbons (Fsp3) is 0.895. The molecule has 0 aliphatic carbocycles. The molecule has 0 atom stereocenters. The largest absolute Gasteiger partial charge is 0.374 e. The van der Waals surface area contributed by atoms with E-state index in [2.05, 4.69) is 41.5 Å². The van der Waals surface area contributed by atoms with E-state index >= 15 is 0 Å². The van der Waals surface area contributed by atoms with Gasteiger partial charge in [-0.05, 0) is 43.9 Å². The standard InChI is InChI=1S/C10H20O.C9H18O2/c1-9(11)7-5-6-8-10(2,3)4;1-8(10)7-11-6-5-9(2,3)4/h5-8H2,1-4H3;5-7H2,1-4H3. The Kier molecular flexibility index (Phi) is 12.7. The van der Waals surface area contributed by atoms with Crippen LogP contribution in [0.4, 0.5) is 0 Å². The molecule has 3 heteroatoms. The zero-order valence-corrected chi connectivity index (χ0v) is 16.2. The average Bonchev–Trinajstić information content (AvgIpc) is 2.28. The van der Waals surface area contributed by atoms with Crippen molar-refractivity contribution in [2.45, 2.75) is 87.5 Å². The monoisotopic (exact) mass is 314 g/mol. The molecule has 0 saturated carbocycles. The van der Waals surface area contributed by atoms with Crippen LogP contribution in [0.15, 0.2) is 0 Å². The highest BCUT2D eigenvalue weighted by Gasteiger charge is 2.09. The average molecular weight is 315 g/mol. The van der Waals surface area contributed by atoms with Gasteiger partial charge in [-0.25, -0.2) is 0 Å². The first-order valence-electron chi connectivity index (χ1n) is 8.40. The Bertz CT molecular complexity index is 274. The maximum absolute atomic E-state index is 10.6. The summed E-state index contributed by atoms with van der Waals surface area (Å²) in [5.74, 6) is 0.415. The number of carbonyl (C=O) groups excluding carboxylic acids is 2. The Labute approximate surface area is 138 Å². The van der Waals surface area contributed by atoms with Crippen molar-refractivity contribution in [3.8, 4) is 0 Å². The first-order chi connectivity index (χ1) is 9.83. The molecular formula is C19H38O3. The topological polar surface area (TPSA) is 43.4 Å². The summed E-state index contributed by atoms with van der Waals surface area (Å²) in [5, 5.41) is 0. The van der Waals surface area contributed by atoms with Gasteiger partial charge in [0.15, 0.2) is 5.78 Å². The molecule has 0 aliphatic heterocycles. The highest BCUT2D eigenvalue weighted by molar-refractivity contribution is 5.76. The van der Waals surface area contributed by atoms with E-state index in [4.69, 9.17) is 4.74 Å². The van der Waals surface area contributed by atoms with Gasteiger partial charge in [-0.2, -0.15) is 0 Å². The Balaban J connectivity index is 0. The Hall–Kier alpha value is -0.700. The van der Waals surface area contributed by atoms with Crippen molar-refractivity contribution in [1.29, 1.82) is 0 Å². The van der Waals surface area contributed by atoms with Crippen LogP contribution >= 0.6 is 0 Å². The zero-order chi connectivity index (χ0) is 17.8. The lowest BCUT2D eigenvalue weighted by molar-refractivity contribution is -0.121. The van der Waals surface area contributed by atoms with E-state index in [0.29, 0.717) is 23.2 Å². The summed E-state index contributed by atoms with van der Waals surface area (Å²) in [6.45, 7) is 17.3. The van der Waals surface area contributed by atoms with Crippen LogP contribution in [0.25, 0.3) is 0 Å². The predicted molar refractivity (Wildman–Crippen MR) is 94.2 cm³/mol. The number of Topliss-reactive ketones (excluding diaryl/α,β-unsaturated/α-hetero) is 2. The third kappa shape index (κ3) is 27.6. The molecule has 0 spiro atoms. The first kappa shape index (κ1) is 23.6. The SMILES string of the molecule is CC(=O)CCCCC(C)(C)C.CC(=O)COCCC(C)(C)C. The molecule has 0 aliphatic rings. The van der Waals surface area contributed by atoms with E-state index in [1.54, 1.807) is 6.92 Å². The predicted octanol–water partition coefficient (Wildman–Crippen LogP) is 5.21. The van der Waals surface area contributed by atoms with E-state index < -0.39 is 0 Å². The number of rotatable bonds is 8. The maximum Gasteiger partial charge on any atom is 0.155 e. The molecule has 0 amide bonds. The van der Waals surface area contributed by atoms with Gasteiger partial charge in [0.1, 0.15) is 12.4 Å². The molecule has 0 aromatic carbocycles. The second-order valence-corrected chi connectivity index (χ2v) is 8.54. The van der Waals surface area contributed by atoms with Gasteiger partial charge in [0.2, 0.25) is 0 Å². The Morgan fingerprint density at radius 2 is 1.27 bits per heavy atom. The van der Waals surface area contributed by atoms with E-state index in [-0.39, 0.29) is 12.4 Å². The molecule has 0 bridgehead atoms. The quantitative estimate of drug-likeness (QED) is 0.578. The highest BCUT2D eigenvalue weighted by Crippen LogP contribution is 2.21. The van der Waals surface area contributed by atoms with Crippen molar-refractivity contribution in [2.24, 2.45) is 10.8 Å². The second-order valence-electron chi connectivity index (χ2n) is 8.54. The van der Waals surface area contributed by atoms with Gasteiger partial charge in [0.25, 0.3) is 0 Å². The van der Waals surface area contributed by atoms with Gasteiger partial charge in [0, 0.05) is 13.0 Å². The summed E-state index contributed by atoms with van der Waals surface area (Å²) in [6, 6.07) is 0. The number of carbonyl (C=O) groups is 2. The first-order valence-corrected chi connectivity index (χ1v) is 8.40. The van der Waals surface area contributed by atoms with Crippen molar-refractivity contribution < 1.29 is 14.3 Å². The lowest BCUT2D eigenvalue weighted by atomic mass is 9.89. The number of hydrogen-bond acceptors (Lipinski definition) is 3. The van der Waals surface area contributed by atoms with Crippen LogP contribution in [0.2, 0.25) is 0 Å². The van der Waals surface area contributed by atoms with Crippen LogP contribution in [0.5, 0.6) is 0 Å². The zero-order valence-electron chi connectivity index (χ0n) is 16.2. The van der Waals surface area contributed by atoms with Crippen molar-refractivity contribution in [3.63, 3.8) is 0 Å². The lowest BCUT2D eigenvalue weighted by Crippen LogP contribution is -2.12. The van der Waals surface area contributed by atoms with Gasteiger partial charge in [-0.15, -0.1) is 0 Å². The molecule has 132 valence electrons. The summed E-state index contributed by atoms with van der Waals surface area (Å²) in [5.41, 5.74) is 0.730. The number of hydrogen-bond donors (Lipinski definition) is 0. The van der Waals surface area contributed by atoms with E-state index in [1.165, 1.54) is 19.8 Å². The molecule has 22 heavy (non-hydrogen) atoms. The summed E-state index contributed by atoms with van der Waals surface area (Å²) >= 11 is 0. The van der Waals surface area contributed by atoms with Crippen LogP contribution in [-0.4, -0.2) is 24.8 Å². The molecule has 3 nitrogen and oxygen atoms in total. The van der Waals surface area contributed by atoms with Crippen molar-refractivity contribution in [2.75, 3.05) is 13.2 Å². The molecule has 0 aromatic rings. The minimum Gasteiger partial charge on any atom is -0.374 e. The normalized spacial score (nSPS) is 11.6. The van der Waals surface area contributed by atoms with Crippen LogP contribution in [0.3, 0.4) is 0 Å². The summed E-state index contributed by atoms with van der Waals surface area (Å²) < 4.78 is 5.12. The third-order valence-electron chi connectivity index (χ3n) is 3.01. The van der Waals surface area contributed by atoms with Crippen LogP contribution < -0.4 is 0 Å². The fourth-order valence-electron chi connectivity index (χ4n) is 1.62. The van der Waals surface area contributed by atoms with Gasteiger partial charge < -0.3 is 9.53 Å². The van der Waals surface area contributed by atoms with Crippen LogP contribution in [0, 0.1) is 10.8 Å². The molecular weight excluding hydrogens is 276 g/mol. The summed E-state index contributed by atoms with van der Waals surface area (Å²) in [4.78, 5) is 21.0. The number of ketones is 2. The molecule has 0 heterocycles. The third-order valence-corrected chi connectivity index (χ3v) is 3.01. The molecule has 0 fully saturated rings. The van der Waals surface area contributed by atoms with E-state index in [9.17, 15) is 9.59 Å². The second kappa shape index (κ2) is 11.8. The molecule has 0 rings (SSSR count). The fourth-order valence-corrected chi connectivity index (χ4v) is 1.62. The van der Waals surface area contributed by atoms with Gasteiger partial charge in [-0.3, -0.25) is 4.79 Å². The Morgan fingerprint density at radius 1 is 0.773 bits per heavy atom. The molecule has 0 N–H and O–H groups in total. The maximum atomic E-state index is 10.6. The van der Waals surface area contributed by atoms with Crippen molar-refractivity contribution in [3.05, 3.63) is 0 Å². The minimum absolute atomic E-state index is 0.0962. The molecule has 0 unspecified atom stereocenters. The number of unbranched alkanes of at least 4 members (excludes halogenated alkanes) is 1. The molecule has 0 aromatic heterocycles. The van der Waals surface area contributed by atoms with Gasteiger partial charge in [-0.1, -0.05) is 48.0 Å². The molecule has 0 radical (unpaired) electrons. The van der Waals surface area contributed by atoms with Gasteiger partial charge >= 0.3 is 0 Å². The van der Waals surface area contributed by atoms with Crippen LogP contribution in [0.1, 0.15) is 87.5 Å². The summed E-state index contributed by atoms with van der Waals surface area (Å²) in [6.07, 6.45) is 5.23. The number of ether oxygens (including phenoxy) is 1. The Morgan fingerprint density at radius 3 is 1.64 bits per heavy atom. The van der Waals surface area contributed by atoms with Gasteiger partial charge in [0.05, 0.1) is 0 Å². The highest BCUT2D eigenvalue weighted by atomic mass is 16.5.